The summed E-state index contributed by atoms with van der Waals surface area (Å²) in [5.74, 6) is 0.175. The van der Waals surface area contributed by atoms with Gasteiger partial charge in [-0.15, -0.1) is 0 Å². The van der Waals surface area contributed by atoms with Crippen molar-refractivity contribution in [2.45, 2.75) is 50.2 Å². The van der Waals surface area contributed by atoms with E-state index in [1.165, 1.54) is 24.0 Å². The van der Waals surface area contributed by atoms with E-state index < -0.39 is 0 Å². The number of hydrogen-bond acceptors (Lipinski definition) is 2. The normalized spacial score (nSPS) is 22.6. The molecule has 2 atom stereocenters. The van der Waals surface area contributed by atoms with E-state index in [1.54, 1.807) is 0 Å². The van der Waals surface area contributed by atoms with E-state index in [0.717, 1.165) is 36.9 Å². The molecule has 0 aliphatic carbocycles. The minimum Gasteiger partial charge on any atom is -0.335 e. The second kappa shape index (κ2) is 9.30. The van der Waals surface area contributed by atoms with Gasteiger partial charge in [0, 0.05) is 30.2 Å². The Bertz CT molecular complexity index is 1020. The van der Waals surface area contributed by atoms with Gasteiger partial charge in [0.05, 0.1) is 0 Å². The number of carbonyl (C=O) groups excluding carboxylic acids is 1. The predicted molar refractivity (Wildman–Crippen MR) is 131 cm³/mol. The summed E-state index contributed by atoms with van der Waals surface area (Å²) < 4.78 is 0. The average molecular weight is 425 g/mol. The van der Waals surface area contributed by atoms with Gasteiger partial charge in [-0.1, -0.05) is 72.8 Å². The topological polar surface area (TPSA) is 23.6 Å². The van der Waals surface area contributed by atoms with Crippen molar-refractivity contribution < 1.29 is 4.79 Å². The Hall–Kier alpha value is -2.91. The third-order valence-electron chi connectivity index (χ3n) is 7.50. The van der Waals surface area contributed by atoms with Crippen molar-refractivity contribution in [1.29, 1.82) is 0 Å². The molecule has 2 bridgehead atoms. The van der Waals surface area contributed by atoms with Gasteiger partial charge >= 0.3 is 0 Å². The molecule has 2 heterocycles. The van der Waals surface area contributed by atoms with Crippen LogP contribution >= 0.6 is 0 Å². The third kappa shape index (κ3) is 4.35. The maximum Gasteiger partial charge on any atom is 0.254 e. The zero-order chi connectivity index (χ0) is 21.9. The number of benzene rings is 3. The Kier molecular flexibility index (Phi) is 6.09. The molecule has 0 radical (unpaired) electrons. The van der Waals surface area contributed by atoms with Crippen LogP contribution in [0.4, 0.5) is 0 Å². The van der Waals surface area contributed by atoms with Crippen LogP contribution in [0.1, 0.15) is 41.6 Å². The van der Waals surface area contributed by atoms with Crippen molar-refractivity contribution in [1.82, 2.24) is 9.80 Å². The summed E-state index contributed by atoms with van der Waals surface area (Å²) in [4.78, 5) is 18.5. The molecule has 32 heavy (non-hydrogen) atoms. The first-order chi connectivity index (χ1) is 15.7. The summed E-state index contributed by atoms with van der Waals surface area (Å²) in [6, 6.07) is 30.6. The van der Waals surface area contributed by atoms with Gasteiger partial charge in [0.25, 0.3) is 5.91 Å². The Morgan fingerprint density at radius 2 is 1.38 bits per heavy atom. The molecule has 0 saturated carbocycles. The summed E-state index contributed by atoms with van der Waals surface area (Å²) >= 11 is 0. The van der Waals surface area contributed by atoms with Crippen LogP contribution in [0, 0.1) is 0 Å². The van der Waals surface area contributed by atoms with E-state index in [2.05, 4.69) is 71.4 Å². The second-order valence-electron chi connectivity index (χ2n) is 9.35. The van der Waals surface area contributed by atoms with Crippen molar-refractivity contribution in [3.63, 3.8) is 0 Å². The SMILES string of the molecule is CN1[C@@H]2CC[C@@H]1CC(N(CCc1ccccc1)C(=O)c1ccc(-c3ccccc3)cc1)C2. The zero-order valence-corrected chi connectivity index (χ0v) is 18.9. The molecule has 164 valence electrons. The Balaban J connectivity index is 1.37. The minimum absolute atomic E-state index is 0.175. The fraction of sp³-hybridized carbons (Fsp3) is 0.345. The summed E-state index contributed by atoms with van der Waals surface area (Å²) in [5, 5.41) is 0. The van der Waals surface area contributed by atoms with Crippen molar-refractivity contribution in [3.8, 4) is 11.1 Å². The van der Waals surface area contributed by atoms with Gasteiger partial charge in [-0.25, -0.2) is 0 Å². The van der Waals surface area contributed by atoms with Gasteiger partial charge < -0.3 is 9.80 Å². The van der Waals surface area contributed by atoms with Crippen LogP contribution < -0.4 is 0 Å². The van der Waals surface area contributed by atoms with Gasteiger partial charge in [0.1, 0.15) is 0 Å². The molecular weight excluding hydrogens is 392 g/mol. The van der Waals surface area contributed by atoms with E-state index >= 15 is 0 Å². The second-order valence-corrected chi connectivity index (χ2v) is 9.35. The lowest BCUT2D eigenvalue weighted by molar-refractivity contribution is 0.0488. The van der Waals surface area contributed by atoms with Crippen molar-refractivity contribution in [2.75, 3.05) is 13.6 Å². The van der Waals surface area contributed by atoms with E-state index in [1.807, 2.05) is 30.3 Å². The third-order valence-corrected chi connectivity index (χ3v) is 7.50. The van der Waals surface area contributed by atoms with Crippen LogP contribution in [0.15, 0.2) is 84.9 Å². The molecule has 2 saturated heterocycles. The smallest absolute Gasteiger partial charge is 0.254 e. The molecule has 3 aromatic rings. The van der Waals surface area contributed by atoms with Crippen LogP contribution in [-0.2, 0) is 6.42 Å². The Labute approximate surface area is 191 Å². The zero-order valence-electron chi connectivity index (χ0n) is 18.9. The highest BCUT2D eigenvalue weighted by molar-refractivity contribution is 5.95. The molecule has 2 fully saturated rings. The summed E-state index contributed by atoms with van der Waals surface area (Å²) in [6.45, 7) is 0.775. The molecule has 2 aliphatic rings. The molecule has 5 rings (SSSR count). The number of amides is 1. The molecule has 0 unspecified atom stereocenters. The van der Waals surface area contributed by atoms with Crippen molar-refractivity contribution in [3.05, 3.63) is 96.1 Å². The average Bonchev–Trinajstić information content (AvgIpc) is 3.05. The monoisotopic (exact) mass is 424 g/mol. The lowest BCUT2D eigenvalue weighted by Gasteiger charge is -2.42. The highest BCUT2D eigenvalue weighted by Crippen LogP contribution is 2.37. The maximum absolute atomic E-state index is 13.7. The van der Waals surface area contributed by atoms with Gasteiger partial charge in [0.2, 0.25) is 0 Å². The molecule has 0 spiro atoms. The Morgan fingerprint density at radius 1 is 0.812 bits per heavy atom. The summed E-state index contributed by atoms with van der Waals surface area (Å²) in [6.07, 6.45) is 5.62. The van der Waals surface area contributed by atoms with Gasteiger partial charge in [0.15, 0.2) is 0 Å². The lowest BCUT2D eigenvalue weighted by Crippen LogP contribution is -2.51. The molecule has 3 aromatic carbocycles. The van der Waals surface area contributed by atoms with Crippen LogP contribution in [0.3, 0.4) is 0 Å². The molecular formula is C29H32N2O. The maximum atomic E-state index is 13.7. The highest BCUT2D eigenvalue weighted by atomic mass is 16.2. The van der Waals surface area contributed by atoms with E-state index in [0.29, 0.717) is 18.1 Å². The predicted octanol–water partition coefficient (Wildman–Crippen LogP) is 5.66. The van der Waals surface area contributed by atoms with Crippen LogP contribution in [-0.4, -0.2) is 47.4 Å². The largest absolute Gasteiger partial charge is 0.335 e. The van der Waals surface area contributed by atoms with E-state index in [-0.39, 0.29) is 5.91 Å². The van der Waals surface area contributed by atoms with Crippen LogP contribution in [0.2, 0.25) is 0 Å². The van der Waals surface area contributed by atoms with Gasteiger partial charge in [-0.05, 0) is 68.0 Å². The molecule has 3 nitrogen and oxygen atoms in total. The Morgan fingerprint density at radius 3 is 2.00 bits per heavy atom. The van der Waals surface area contributed by atoms with Crippen molar-refractivity contribution in [2.24, 2.45) is 0 Å². The highest BCUT2D eigenvalue weighted by Gasteiger charge is 2.41. The van der Waals surface area contributed by atoms with Crippen LogP contribution in [0.5, 0.6) is 0 Å². The number of hydrogen-bond donors (Lipinski definition) is 0. The lowest BCUT2D eigenvalue weighted by atomic mass is 9.95. The number of piperidine rings is 1. The first kappa shape index (κ1) is 21.0. The number of carbonyl (C=O) groups is 1. The van der Waals surface area contributed by atoms with Gasteiger partial charge in [-0.3, -0.25) is 4.79 Å². The minimum atomic E-state index is 0.175. The van der Waals surface area contributed by atoms with E-state index in [9.17, 15) is 4.79 Å². The number of nitrogens with zero attached hydrogens (tertiary/aromatic N) is 2. The number of fused-ring (bicyclic) bond motifs is 2. The summed E-state index contributed by atoms with van der Waals surface area (Å²) in [5.41, 5.74) is 4.42. The molecule has 2 aliphatic heterocycles. The van der Waals surface area contributed by atoms with Crippen LogP contribution in [0.25, 0.3) is 11.1 Å². The van der Waals surface area contributed by atoms with Gasteiger partial charge in [-0.2, -0.15) is 0 Å². The number of rotatable bonds is 6. The quantitative estimate of drug-likeness (QED) is 0.509. The molecule has 0 aromatic heterocycles. The first-order valence-electron chi connectivity index (χ1n) is 11.9. The first-order valence-corrected chi connectivity index (χ1v) is 11.9. The molecule has 3 heteroatoms. The van der Waals surface area contributed by atoms with E-state index in [4.69, 9.17) is 0 Å². The summed E-state index contributed by atoms with van der Waals surface area (Å²) in [7, 11) is 2.26. The molecule has 0 N–H and O–H groups in total. The standard InChI is InChI=1S/C29H32N2O/c1-30-26-16-17-27(30)21-28(20-26)31(19-18-22-8-4-2-5-9-22)29(32)25-14-12-24(13-15-25)23-10-6-3-7-11-23/h2-15,26-28H,16-21H2,1H3/t26-,27-/m1/s1. The molecule has 1 amide bonds. The fourth-order valence-corrected chi connectivity index (χ4v) is 5.58. The van der Waals surface area contributed by atoms with Crippen molar-refractivity contribution >= 4 is 5.91 Å². The fourth-order valence-electron chi connectivity index (χ4n) is 5.58.